The highest BCUT2D eigenvalue weighted by molar-refractivity contribution is 7.22. The summed E-state index contributed by atoms with van der Waals surface area (Å²) < 4.78 is 13.0. The average Bonchev–Trinajstić information content (AvgIpc) is 3.20. The molecule has 0 bridgehead atoms. The Morgan fingerprint density at radius 1 is 1.34 bits per heavy atom. The lowest BCUT2D eigenvalue weighted by Crippen LogP contribution is -2.36. The van der Waals surface area contributed by atoms with Crippen LogP contribution >= 0.6 is 11.3 Å². The number of morpholine rings is 1. The summed E-state index contributed by atoms with van der Waals surface area (Å²) in [6.45, 7) is 5.10. The summed E-state index contributed by atoms with van der Waals surface area (Å²) in [5.41, 5.74) is 1.42. The molecule has 9 heteroatoms. The molecule has 8 nitrogen and oxygen atoms in total. The molecule has 0 saturated carbocycles. The lowest BCUT2D eigenvalue weighted by molar-refractivity contribution is 0.0914. The number of rotatable bonds is 7. The van der Waals surface area contributed by atoms with Crippen molar-refractivity contribution >= 4 is 26.8 Å². The monoisotopic (exact) mass is 416 g/mol. The van der Waals surface area contributed by atoms with Gasteiger partial charge in [0.25, 0.3) is 5.56 Å². The second-order valence-corrected chi connectivity index (χ2v) is 7.89. The molecule has 1 unspecified atom stereocenters. The van der Waals surface area contributed by atoms with Gasteiger partial charge < -0.3 is 19.5 Å². The van der Waals surface area contributed by atoms with Crippen molar-refractivity contribution in [1.29, 1.82) is 0 Å². The predicted molar refractivity (Wildman–Crippen MR) is 112 cm³/mol. The predicted octanol–water partition coefficient (Wildman–Crippen LogP) is 1.69. The van der Waals surface area contributed by atoms with Crippen LogP contribution in [-0.2, 0) is 17.7 Å². The standard InChI is InChI=1S/C20H24N4O4S/c1-2-14-4-3-5-16(10-14)28-12-15(25)11-24-13-21-18-17(19(24)26)29-20(22-18)23-6-8-27-9-7-23/h3-5,10,13,15,25H,2,6-9,11-12H2,1H3. The third kappa shape index (κ3) is 4.58. The number of benzene rings is 1. The summed E-state index contributed by atoms with van der Waals surface area (Å²) in [4.78, 5) is 23.7. The first-order valence-electron chi connectivity index (χ1n) is 9.72. The van der Waals surface area contributed by atoms with Gasteiger partial charge in [-0.15, -0.1) is 0 Å². The third-order valence-electron chi connectivity index (χ3n) is 4.81. The summed E-state index contributed by atoms with van der Waals surface area (Å²) in [5, 5.41) is 11.1. The van der Waals surface area contributed by atoms with Gasteiger partial charge in [0.05, 0.1) is 19.8 Å². The highest BCUT2D eigenvalue weighted by Crippen LogP contribution is 2.25. The topological polar surface area (TPSA) is 89.7 Å². The minimum absolute atomic E-state index is 0.0966. The Bertz CT molecular complexity index is 1030. The van der Waals surface area contributed by atoms with Crippen molar-refractivity contribution in [1.82, 2.24) is 14.5 Å². The number of hydrogen-bond donors (Lipinski definition) is 1. The van der Waals surface area contributed by atoms with Crippen LogP contribution in [0.2, 0.25) is 0 Å². The molecule has 0 aliphatic carbocycles. The zero-order valence-corrected chi connectivity index (χ0v) is 17.1. The van der Waals surface area contributed by atoms with Crippen molar-refractivity contribution in [3.05, 3.63) is 46.5 Å². The zero-order valence-electron chi connectivity index (χ0n) is 16.3. The van der Waals surface area contributed by atoms with Gasteiger partial charge in [0.2, 0.25) is 0 Å². The van der Waals surface area contributed by atoms with Gasteiger partial charge >= 0.3 is 0 Å². The smallest absolute Gasteiger partial charge is 0.273 e. The van der Waals surface area contributed by atoms with Crippen molar-refractivity contribution in [3.8, 4) is 5.75 Å². The van der Waals surface area contributed by atoms with Gasteiger partial charge in [-0.3, -0.25) is 9.36 Å². The van der Waals surface area contributed by atoms with Gasteiger partial charge in [0, 0.05) is 13.1 Å². The fourth-order valence-corrected chi connectivity index (χ4v) is 4.20. The van der Waals surface area contributed by atoms with Crippen LogP contribution in [0.3, 0.4) is 0 Å². The van der Waals surface area contributed by atoms with Gasteiger partial charge in [-0.1, -0.05) is 30.4 Å². The molecular formula is C20H24N4O4S. The molecule has 1 aliphatic rings. The first-order chi connectivity index (χ1) is 14.1. The van der Waals surface area contributed by atoms with Crippen LogP contribution < -0.4 is 15.2 Å². The molecule has 0 amide bonds. The number of thiazole rings is 1. The molecule has 1 N–H and O–H groups in total. The highest BCUT2D eigenvalue weighted by atomic mass is 32.1. The molecule has 0 spiro atoms. The Kier molecular flexibility index (Phi) is 6.08. The van der Waals surface area contributed by atoms with Crippen LogP contribution in [0.1, 0.15) is 12.5 Å². The molecule has 1 aromatic carbocycles. The lowest BCUT2D eigenvalue weighted by atomic mass is 10.2. The highest BCUT2D eigenvalue weighted by Gasteiger charge is 2.18. The lowest BCUT2D eigenvalue weighted by Gasteiger charge is -2.25. The molecule has 0 radical (unpaired) electrons. The van der Waals surface area contributed by atoms with Gasteiger partial charge in [-0.25, -0.2) is 4.98 Å². The third-order valence-corrected chi connectivity index (χ3v) is 5.90. The number of aromatic nitrogens is 3. The Morgan fingerprint density at radius 3 is 2.97 bits per heavy atom. The maximum absolute atomic E-state index is 12.8. The minimum Gasteiger partial charge on any atom is -0.491 e. The molecule has 1 saturated heterocycles. The number of aliphatic hydroxyl groups excluding tert-OH is 1. The van der Waals surface area contributed by atoms with Crippen molar-refractivity contribution in [2.75, 3.05) is 37.8 Å². The van der Waals surface area contributed by atoms with Gasteiger partial charge in [0.1, 0.15) is 29.5 Å². The molecule has 1 aliphatic heterocycles. The fraction of sp³-hybridized carbons (Fsp3) is 0.450. The Morgan fingerprint density at radius 2 is 2.17 bits per heavy atom. The van der Waals surface area contributed by atoms with E-state index in [0.717, 1.165) is 24.6 Å². The first-order valence-corrected chi connectivity index (χ1v) is 10.5. The van der Waals surface area contributed by atoms with E-state index in [2.05, 4.69) is 21.8 Å². The summed E-state index contributed by atoms with van der Waals surface area (Å²) >= 11 is 1.34. The first kappa shape index (κ1) is 19.8. The number of hydrogen-bond acceptors (Lipinski definition) is 8. The molecule has 1 atom stereocenters. The van der Waals surface area contributed by atoms with Crippen molar-refractivity contribution in [3.63, 3.8) is 0 Å². The van der Waals surface area contributed by atoms with Crippen molar-refractivity contribution in [2.45, 2.75) is 26.0 Å². The van der Waals surface area contributed by atoms with E-state index >= 15 is 0 Å². The van der Waals surface area contributed by atoms with Crippen LogP contribution in [0.4, 0.5) is 5.13 Å². The van der Waals surface area contributed by atoms with E-state index in [1.807, 2.05) is 24.3 Å². The SMILES string of the molecule is CCc1cccc(OCC(O)Cn2cnc3nc(N4CCOCC4)sc3c2=O)c1. The van der Waals surface area contributed by atoms with Gasteiger partial charge in [-0.05, 0) is 24.1 Å². The van der Waals surface area contributed by atoms with Gasteiger partial charge in [0.15, 0.2) is 10.8 Å². The number of aliphatic hydroxyl groups is 1. The summed E-state index contributed by atoms with van der Waals surface area (Å²) in [6, 6.07) is 7.77. The molecular weight excluding hydrogens is 392 g/mol. The maximum Gasteiger partial charge on any atom is 0.273 e. The number of aryl methyl sites for hydroxylation is 1. The van der Waals surface area contributed by atoms with E-state index in [-0.39, 0.29) is 18.7 Å². The maximum atomic E-state index is 12.8. The van der Waals surface area contributed by atoms with E-state index in [0.29, 0.717) is 29.3 Å². The number of anilines is 1. The number of ether oxygens (including phenoxy) is 2. The number of nitrogens with zero attached hydrogens (tertiary/aromatic N) is 4. The van der Waals surface area contributed by atoms with Gasteiger partial charge in [-0.2, -0.15) is 4.98 Å². The molecule has 2 aromatic heterocycles. The number of fused-ring (bicyclic) bond motifs is 1. The van der Waals surface area contributed by atoms with E-state index in [1.54, 1.807) is 0 Å². The Hall–Kier alpha value is -2.49. The molecule has 4 rings (SSSR count). The van der Waals surface area contributed by atoms with Crippen LogP contribution in [0, 0.1) is 0 Å². The molecule has 3 heterocycles. The van der Waals surface area contributed by atoms with Crippen LogP contribution in [0.5, 0.6) is 5.75 Å². The van der Waals surface area contributed by atoms with Crippen molar-refractivity contribution < 1.29 is 14.6 Å². The van der Waals surface area contributed by atoms with Crippen LogP contribution in [0.15, 0.2) is 35.4 Å². The Labute approximate surface area is 172 Å². The second-order valence-electron chi connectivity index (χ2n) is 6.92. The van der Waals surface area contributed by atoms with E-state index in [1.165, 1.54) is 27.8 Å². The van der Waals surface area contributed by atoms with Crippen molar-refractivity contribution in [2.24, 2.45) is 0 Å². The molecule has 1 fully saturated rings. The summed E-state index contributed by atoms with van der Waals surface area (Å²) in [7, 11) is 0. The quantitative estimate of drug-likeness (QED) is 0.627. The average molecular weight is 417 g/mol. The van der Waals surface area contributed by atoms with E-state index in [9.17, 15) is 9.90 Å². The summed E-state index contributed by atoms with van der Waals surface area (Å²) in [6.07, 6.45) is 1.53. The Balaban J connectivity index is 1.44. The van der Waals surface area contributed by atoms with Crippen LogP contribution in [-0.4, -0.2) is 58.7 Å². The minimum atomic E-state index is -0.830. The van der Waals surface area contributed by atoms with E-state index < -0.39 is 6.10 Å². The zero-order chi connectivity index (χ0) is 20.2. The molecule has 154 valence electrons. The molecule has 3 aromatic rings. The molecule has 29 heavy (non-hydrogen) atoms. The fourth-order valence-electron chi connectivity index (χ4n) is 3.18. The normalized spacial score (nSPS) is 15.6. The summed E-state index contributed by atoms with van der Waals surface area (Å²) in [5.74, 6) is 0.710. The largest absolute Gasteiger partial charge is 0.491 e. The van der Waals surface area contributed by atoms with Crippen LogP contribution in [0.25, 0.3) is 10.3 Å². The van der Waals surface area contributed by atoms with E-state index in [4.69, 9.17) is 9.47 Å². The second kappa shape index (κ2) is 8.89.